The summed E-state index contributed by atoms with van der Waals surface area (Å²) in [6.07, 6.45) is 2.06. The molecule has 6 heteroatoms. The van der Waals surface area contributed by atoms with E-state index in [4.69, 9.17) is 0 Å². The molecular formula is C20H20F4N2. The summed E-state index contributed by atoms with van der Waals surface area (Å²) in [4.78, 5) is 8.61. The van der Waals surface area contributed by atoms with Gasteiger partial charge < -0.3 is 0 Å². The average Bonchev–Trinajstić information content (AvgIpc) is 2.62. The van der Waals surface area contributed by atoms with Crippen molar-refractivity contribution in [2.24, 2.45) is 5.92 Å². The zero-order chi connectivity index (χ0) is 18.7. The molecule has 0 saturated heterocycles. The number of allylic oxidation sites excluding steroid dienone is 2. The van der Waals surface area contributed by atoms with Crippen LogP contribution in [-0.2, 0) is 0 Å². The van der Waals surface area contributed by atoms with E-state index in [-0.39, 0.29) is 5.92 Å². The molecule has 1 heterocycles. The van der Waals surface area contributed by atoms with Gasteiger partial charge in [0.05, 0.1) is 0 Å². The molecule has 0 bridgehead atoms. The molecule has 0 atom stereocenters. The van der Waals surface area contributed by atoms with Crippen molar-refractivity contribution in [3.05, 3.63) is 59.7 Å². The van der Waals surface area contributed by atoms with Crippen molar-refractivity contribution >= 4 is 0 Å². The summed E-state index contributed by atoms with van der Waals surface area (Å²) in [6, 6.07) is 7.98. The first-order valence-electron chi connectivity index (χ1n) is 8.66. The van der Waals surface area contributed by atoms with Crippen molar-refractivity contribution in [2.45, 2.75) is 44.7 Å². The molecule has 3 rings (SSSR count). The van der Waals surface area contributed by atoms with Crippen LogP contribution in [0, 0.1) is 12.8 Å². The van der Waals surface area contributed by atoms with Gasteiger partial charge in [-0.05, 0) is 61.6 Å². The molecule has 2 aromatic rings. The Hall–Kier alpha value is -2.24. The van der Waals surface area contributed by atoms with Crippen LogP contribution in [0.25, 0.3) is 11.4 Å². The molecule has 0 unspecified atom stereocenters. The third-order valence-electron chi connectivity index (χ3n) is 4.85. The van der Waals surface area contributed by atoms with Gasteiger partial charge >= 0.3 is 6.18 Å². The molecule has 2 nitrogen and oxygen atoms in total. The largest absolute Gasteiger partial charge is 0.442 e. The van der Waals surface area contributed by atoms with Crippen molar-refractivity contribution in [1.29, 1.82) is 0 Å². The fourth-order valence-corrected chi connectivity index (χ4v) is 3.37. The normalized spacial score (nSPS) is 21.7. The fraction of sp³-hybridized carbons (Fsp3) is 0.400. The molecular weight excluding hydrogens is 344 g/mol. The van der Waals surface area contributed by atoms with Crippen LogP contribution in [0.4, 0.5) is 17.6 Å². The second kappa shape index (κ2) is 7.56. The van der Waals surface area contributed by atoms with Crippen LogP contribution in [0.3, 0.4) is 0 Å². The smallest absolute Gasteiger partial charge is 0.236 e. The van der Waals surface area contributed by atoms with Crippen LogP contribution in [0.2, 0.25) is 0 Å². The first-order valence-corrected chi connectivity index (χ1v) is 8.66. The number of hydrogen-bond donors (Lipinski definition) is 0. The Balaban J connectivity index is 1.62. The van der Waals surface area contributed by atoms with E-state index in [1.807, 2.05) is 31.2 Å². The number of rotatable bonds is 3. The van der Waals surface area contributed by atoms with Gasteiger partial charge in [0.15, 0.2) is 11.7 Å². The summed E-state index contributed by atoms with van der Waals surface area (Å²) >= 11 is 0. The van der Waals surface area contributed by atoms with E-state index in [0.29, 0.717) is 24.6 Å². The summed E-state index contributed by atoms with van der Waals surface area (Å²) in [5, 5.41) is 0. The van der Waals surface area contributed by atoms with Crippen LogP contribution >= 0.6 is 0 Å². The number of halogens is 4. The summed E-state index contributed by atoms with van der Waals surface area (Å²) in [6.45, 7) is 1.93. The van der Waals surface area contributed by atoms with Crippen LogP contribution in [0.1, 0.15) is 42.7 Å². The maximum atomic E-state index is 13.1. The van der Waals surface area contributed by atoms with E-state index in [1.54, 1.807) is 12.4 Å². The Morgan fingerprint density at radius 3 is 2.12 bits per heavy atom. The molecule has 1 fully saturated rings. The number of benzene rings is 1. The molecule has 0 amide bonds. The van der Waals surface area contributed by atoms with Crippen molar-refractivity contribution in [3.63, 3.8) is 0 Å². The predicted octanol–water partition coefficient (Wildman–Crippen LogP) is 6.14. The zero-order valence-electron chi connectivity index (χ0n) is 14.4. The topological polar surface area (TPSA) is 25.8 Å². The van der Waals surface area contributed by atoms with Gasteiger partial charge in [-0.1, -0.05) is 24.3 Å². The number of hydrogen-bond acceptors (Lipinski definition) is 2. The van der Waals surface area contributed by atoms with Gasteiger partial charge in [0.2, 0.25) is 0 Å². The monoisotopic (exact) mass is 364 g/mol. The van der Waals surface area contributed by atoms with Gasteiger partial charge in [-0.15, -0.1) is 0 Å². The van der Waals surface area contributed by atoms with E-state index < -0.39 is 12.0 Å². The Kier molecular flexibility index (Phi) is 5.39. The quantitative estimate of drug-likeness (QED) is 0.611. The fourth-order valence-electron chi connectivity index (χ4n) is 3.37. The van der Waals surface area contributed by atoms with Gasteiger partial charge in [-0.25, -0.2) is 14.4 Å². The SMILES string of the molecule is Cc1cnc(-c2ccc(C3CCC(C=C(F)C(F)(F)F)CC3)cc2)nc1. The number of aromatic nitrogens is 2. The summed E-state index contributed by atoms with van der Waals surface area (Å²) < 4.78 is 49.9. The number of alkyl halides is 3. The number of nitrogens with zero attached hydrogens (tertiary/aromatic N) is 2. The standard InChI is InChI=1S/C20H20F4N2/c1-13-11-25-19(26-12-13)17-8-6-16(7-9-17)15-4-2-14(3-5-15)10-18(21)20(22,23)24/h6-12,14-15H,2-5H2,1H3. The van der Waals surface area contributed by atoms with Crippen molar-refractivity contribution < 1.29 is 17.6 Å². The third-order valence-corrected chi connectivity index (χ3v) is 4.85. The first-order chi connectivity index (χ1) is 12.3. The molecule has 1 aromatic carbocycles. The van der Waals surface area contributed by atoms with Gasteiger partial charge in [0.25, 0.3) is 0 Å². The van der Waals surface area contributed by atoms with Gasteiger partial charge in [-0.2, -0.15) is 13.2 Å². The van der Waals surface area contributed by atoms with Crippen LogP contribution in [0.15, 0.2) is 48.6 Å². The highest BCUT2D eigenvalue weighted by atomic mass is 19.4. The van der Waals surface area contributed by atoms with Gasteiger partial charge in [-0.3, -0.25) is 0 Å². The predicted molar refractivity (Wildman–Crippen MR) is 92.2 cm³/mol. The lowest BCUT2D eigenvalue weighted by atomic mass is 9.78. The van der Waals surface area contributed by atoms with Crippen molar-refractivity contribution in [2.75, 3.05) is 0 Å². The van der Waals surface area contributed by atoms with Gasteiger partial charge in [0.1, 0.15) is 0 Å². The summed E-state index contributed by atoms with van der Waals surface area (Å²) in [7, 11) is 0. The minimum Gasteiger partial charge on any atom is -0.236 e. The minimum atomic E-state index is -4.87. The van der Waals surface area contributed by atoms with Crippen LogP contribution in [-0.4, -0.2) is 16.1 Å². The first kappa shape index (κ1) is 18.5. The molecule has 1 aromatic heterocycles. The van der Waals surface area contributed by atoms with E-state index in [0.717, 1.165) is 35.6 Å². The lowest BCUT2D eigenvalue weighted by Crippen LogP contribution is -2.15. The third kappa shape index (κ3) is 4.48. The van der Waals surface area contributed by atoms with Crippen molar-refractivity contribution in [1.82, 2.24) is 9.97 Å². The maximum Gasteiger partial charge on any atom is 0.442 e. The van der Waals surface area contributed by atoms with E-state index in [2.05, 4.69) is 9.97 Å². The molecule has 0 aliphatic heterocycles. The van der Waals surface area contributed by atoms with E-state index in [1.165, 1.54) is 0 Å². The highest BCUT2D eigenvalue weighted by molar-refractivity contribution is 5.55. The average molecular weight is 364 g/mol. The Morgan fingerprint density at radius 2 is 1.58 bits per heavy atom. The molecule has 0 N–H and O–H groups in total. The molecule has 0 radical (unpaired) electrons. The second-order valence-electron chi connectivity index (χ2n) is 6.83. The Labute approximate surface area is 150 Å². The lowest BCUT2D eigenvalue weighted by molar-refractivity contribution is -0.109. The zero-order valence-corrected chi connectivity index (χ0v) is 14.4. The highest BCUT2D eigenvalue weighted by Gasteiger charge is 2.35. The summed E-state index contributed by atoms with van der Waals surface area (Å²) in [5.41, 5.74) is 3.08. The molecule has 26 heavy (non-hydrogen) atoms. The van der Waals surface area contributed by atoms with E-state index in [9.17, 15) is 17.6 Å². The summed E-state index contributed by atoms with van der Waals surface area (Å²) in [5.74, 6) is -1.35. The highest BCUT2D eigenvalue weighted by Crippen LogP contribution is 2.38. The van der Waals surface area contributed by atoms with Crippen molar-refractivity contribution in [3.8, 4) is 11.4 Å². The van der Waals surface area contributed by atoms with Crippen LogP contribution in [0.5, 0.6) is 0 Å². The molecule has 138 valence electrons. The van der Waals surface area contributed by atoms with Crippen LogP contribution < -0.4 is 0 Å². The molecule has 1 aliphatic rings. The lowest BCUT2D eigenvalue weighted by Gasteiger charge is -2.27. The Morgan fingerprint density at radius 1 is 1.00 bits per heavy atom. The molecule has 1 saturated carbocycles. The number of aryl methyl sites for hydroxylation is 1. The molecule has 1 aliphatic carbocycles. The minimum absolute atomic E-state index is 0.293. The second-order valence-corrected chi connectivity index (χ2v) is 6.83. The van der Waals surface area contributed by atoms with Gasteiger partial charge in [0, 0.05) is 18.0 Å². The Bertz CT molecular complexity index is 756. The maximum absolute atomic E-state index is 13.1. The molecule has 0 spiro atoms. The van der Waals surface area contributed by atoms with E-state index >= 15 is 0 Å².